The molecule has 0 radical (unpaired) electrons. The van der Waals surface area contributed by atoms with Gasteiger partial charge < -0.3 is 15.1 Å². The predicted molar refractivity (Wildman–Crippen MR) is 110 cm³/mol. The van der Waals surface area contributed by atoms with Crippen LogP contribution in [-0.2, 0) is 9.59 Å². The van der Waals surface area contributed by atoms with Gasteiger partial charge in [0.25, 0.3) is 5.91 Å². The standard InChI is InChI=1S/C23H31N3O3/c1-16-4-2-3-5-20(16)23(29)26-12-8-17(9-13-26)21(27)24-19-10-14-25(15-11-19)22(28)18-6-7-18/h2-5,17-19H,6-15H2,1H3,(H,24,27). The molecule has 3 amide bonds. The molecule has 6 heteroatoms. The third kappa shape index (κ3) is 4.62. The van der Waals surface area contributed by atoms with Crippen molar-refractivity contribution in [3.05, 3.63) is 35.4 Å². The molecule has 0 spiro atoms. The van der Waals surface area contributed by atoms with Crippen LogP contribution in [0.4, 0.5) is 0 Å². The number of hydrogen-bond acceptors (Lipinski definition) is 3. The molecule has 0 aromatic heterocycles. The average molecular weight is 398 g/mol. The van der Waals surface area contributed by atoms with Gasteiger partial charge in [-0.1, -0.05) is 18.2 Å². The summed E-state index contributed by atoms with van der Waals surface area (Å²) in [5.74, 6) is 0.728. The van der Waals surface area contributed by atoms with Gasteiger partial charge in [0.05, 0.1) is 0 Å². The fraction of sp³-hybridized carbons (Fsp3) is 0.609. The molecule has 1 aromatic carbocycles. The molecule has 0 bridgehead atoms. The quantitative estimate of drug-likeness (QED) is 0.848. The molecule has 4 rings (SSSR count). The van der Waals surface area contributed by atoms with E-state index in [2.05, 4.69) is 5.32 Å². The molecule has 1 N–H and O–H groups in total. The maximum Gasteiger partial charge on any atom is 0.254 e. The second-order valence-corrected chi connectivity index (χ2v) is 8.76. The van der Waals surface area contributed by atoms with Gasteiger partial charge in [0.15, 0.2) is 0 Å². The van der Waals surface area contributed by atoms with E-state index in [1.54, 1.807) is 0 Å². The maximum absolute atomic E-state index is 12.7. The number of amides is 3. The molecule has 3 aliphatic rings. The van der Waals surface area contributed by atoms with Gasteiger partial charge in [-0.25, -0.2) is 0 Å². The van der Waals surface area contributed by atoms with E-state index in [4.69, 9.17) is 0 Å². The third-order valence-corrected chi connectivity index (χ3v) is 6.61. The lowest BCUT2D eigenvalue weighted by atomic mass is 9.94. The molecule has 1 aromatic rings. The molecule has 2 aliphatic heterocycles. The molecule has 0 atom stereocenters. The summed E-state index contributed by atoms with van der Waals surface area (Å²) >= 11 is 0. The number of rotatable bonds is 4. The van der Waals surface area contributed by atoms with E-state index < -0.39 is 0 Å². The summed E-state index contributed by atoms with van der Waals surface area (Å²) in [5.41, 5.74) is 1.74. The van der Waals surface area contributed by atoms with Gasteiger partial charge in [-0.2, -0.15) is 0 Å². The number of hydrogen-bond donors (Lipinski definition) is 1. The first-order chi connectivity index (χ1) is 14.0. The average Bonchev–Trinajstić information content (AvgIpc) is 3.59. The first-order valence-corrected chi connectivity index (χ1v) is 11.0. The number of nitrogens with one attached hydrogen (secondary N) is 1. The molecule has 2 heterocycles. The van der Waals surface area contributed by atoms with Gasteiger partial charge in [0.1, 0.15) is 0 Å². The second kappa shape index (κ2) is 8.56. The topological polar surface area (TPSA) is 69.7 Å². The van der Waals surface area contributed by atoms with E-state index >= 15 is 0 Å². The summed E-state index contributed by atoms with van der Waals surface area (Å²) < 4.78 is 0. The molecule has 1 aliphatic carbocycles. The van der Waals surface area contributed by atoms with Crippen LogP contribution in [0.5, 0.6) is 0 Å². The van der Waals surface area contributed by atoms with Crippen molar-refractivity contribution in [2.45, 2.75) is 51.5 Å². The predicted octanol–water partition coefficient (Wildman–Crippen LogP) is 2.36. The molecule has 1 saturated carbocycles. The largest absolute Gasteiger partial charge is 0.353 e. The summed E-state index contributed by atoms with van der Waals surface area (Å²) in [6.45, 7) is 4.71. The number of benzene rings is 1. The zero-order chi connectivity index (χ0) is 20.4. The van der Waals surface area contributed by atoms with Crippen LogP contribution in [0.15, 0.2) is 24.3 Å². The molecule has 29 heavy (non-hydrogen) atoms. The van der Waals surface area contributed by atoms with Crippen molar-refractivity contribution in [1.82, 2.24) is 15.1 Å². The minimum Gasteiger partial charge on any atom is -0.353 e. The number of piperidine rings is 2. The monoisotopic (exact) mass is 397 g/mol. The summed E-state index contributed by atoms with van der Waals surface area (Å²) in [5, 5.41) is 3.20. The molecular formula is C23H31N3O3. The highest BCUT2D eigenvalue weighted by molar-refractivity contribution is 5.95. The first-order valence-electron chi connectivity index (χ1n) is 11.0. The number of likely N-dealkylation sites (tertiary alicyclic amines) is 2. The van der Waals surface area contributed by atoms with Crippen LogP contribution < -0.4 is 5.32 Å². The Balaban J connectivity index is 1.22. The second-order valence-electron chi connectivity index (χ2n) is 8.76. The Kier molecular flexibility index (Phi) is 5.88. The summed E-state index contributed by atoms with van der Waals surface area (Å²) in [7, 11) is 0. The van der Waals surface area contributed by atoms with E-state index in [-0.39, 0.29) is 29.7 Å². The Labute approximate surface area is 172 Å². The van der Waals surface area contributed by atoms with Gasteiger partial charge in [-0.3, -0.25) is 14.4 Å². The molecule has 3 fully saturated rings. The Bertz CT molecular complexity index is 773. The van der Waals surface area contributed by atoms with E-state index in [0.29, 0.717) is 31.8 Å². The van der Waals surface area contributed by atoms with Crippen molar-refractivity contribution in [2.24, 2.45) is 11.8 Å². The highest BCUT2D eigenvalue weighted by Gasteiger charge is 2.35. The van der Waals surface area contributed by atoms with Crippen LogP contribution in [0.1, 0.15) is 54.4 Å². The SMILES string of the molecule is Cc1ccccc1C(=O)N1CCC(C(=O)NC2CCN(C(=O)C3CC3)CC2)CC1. The fourth-order valence-corrected chi connectivity index (χ4v) is 4.48. The lowest BCUT2D eigenvalue weighted by Gasteiger charge is -2.35. The minimum absolute atomic E-state index is 0.0259. The zero-order valence-electron chi connectivity index (χ0n) is 17.2. The van der Waals surface area contributed by atoms with E-state index in [1.807, 2.05) is 41.0 Å². The van der Waals surface area contributed by atoms with Gasteiger partial charge in [0, 0.05) is 49.6 Å². The van der Waals surface area contributed by atoms with Crippen LogP contribution in [-0.4, -0.2) is 59.7 Å². The highest BCUT2D eigenvalue weighted by Crippen LogP contribution is 2.32. The van der Waals surface area contributed by atoms with Crippen molar-refractivity contribution in [3.8, 4) is 0 Å². The van der Waals surface area contributed by atoms with Crippen molar-refractivity contribution in [2.75, 3.05) is 26.2 Å². The van der Waals surface area contributed by atoms with Crippen LogP contribution >= 0.6 is 0 Å². The van der Waals surface area contributed by atoms with E-state index in [1.165, 1.54) is 0 Å². The lowest BCUT2D eigenvalue weighted by Crippen LogP contribution is -2.49. The van der Waals surface area contributed by atoms with Crippen molar-refractivity contribution in [1.29, 1.82) is 0 Å². The van der Waals surface area contributed by atoms with Crippen molar-refractivity contribution < 1.29 is 14.4 Å². The fourth-order valence-electron chi connectivity index (χ4n) is 4.48. The Morgan fingerprint density at radius 3 is 2.07 bits per heavy atom. The Morgan fingerprint density at radius 2 is 1.45 bits per heavy atom. The van der Waals surface area contributed by atoms with Crippen LogP contribution in [0.25, 0.3) is 0 Å². The van der Waals surface area contributed by atoms with E-state index in [9.17, 15) is 14.4 Å². The number of carbonyl (C=O) groups excluding carboxylic acids is 3. The number of nitrogens with zero attached hydrogens (tertiary/aromatic N) is 2. The molecular weight excluding hydrogens is 366 g/mol. The summed E-state index contributed by atoms with van der Waals surface area (Å²) in [6, 6.07) is 7.82. The van der Waals surface area contributed by atoms with Crippen LogP contribution in [0.3, 0.4) is 0 Å². The third-order valence-electron chi connectivity index (χ3n) is 6.61. The summed E-state index contributed by atoms with van der Waals surface area (Å²) in [4.78, 5) is 41.4. The zero-order valence-corrected chi connectivity index (χ0v) is 17.2. The van der Waals surface area contributed by atoms with Gasteiger partial charge >= 0.3 is 0 Å². The molecule has 2 saturated heterocycles. The highest BCUT2D eigenvalue weighted by atomic mass is 16.2. The van der Waals surface area contributed by atoms with Gasteiger partial charge in [-0.15, -0.1) is 0 Å². The molecule has 6 nitrogen and oxygen atoms in total. The normalized spacial score (nSPS) is 21.1. The molecule has 156 valence electrons. The Hall–Kier alpha value is -2.37. The number of carbonyl (C=O) groups is 3. The van der Waals surface area contributed by atoms with Crippen molar-refractivity contribution in [3.63, 3.8) is 0 Å². The smallest absolute Gasteiger partial charge is 0.254 e. The molecule has 0 unspecified atom stereocenters. The van der Waals surface area contributed by atoms with Crippen molar-refractivity contribution >= 4 is 17.7 Å². The number of aryl methyl sites for hydroxylation is 1. The minimum atomic E-state index is -0.0259. The lowest BCUT2D eigenvalue weighted by molar-refractivity contribution is -0.133. The van der Waals surface area contributed by atoms with Gasteiger partial charge in [0.2, 0.25) is 11.8 Å². The van der Waals surface area contributed by atoms with Crippen LogP contribution in [0, 0.1) is 18.8 Å². The first kappa shape index (κ1) is 19.9. The maximum atomic E-state index is 12.7. The van der Waals surface area contributed by atoms with Gasteiger partial charge in [-0.05, 0) is 57.1 Å². The Morgan fingerprint density at radius 1 is 0.828 bits per heavy atom. The van der Waals surface area contributed by atoms with Crippen LogP contribution in [0.2, 0.25) is 0 Å². The summed E-state index contributed by atoms with van der Waals surface area (Å²) in [6.07, 6.45) is 5.19. The van der Waals surface area contributed by atoms with E-state index in [0.717, 1.165) is 49.9 Å².